The first-order valence-electron chi connectivity index (χ1n) is 6.61. The molecular weight excluding hydrogens is 268 g/mol. The Morgan fingerprint density at radius 3 is 2.70 bits per heavy atom. The number of benzene rings is 1. The first kappa shape index (κ1) is 14.5. The van der Waals surface area contributed by atoms with Gasteiger partial charge in [0.05, 0.1) is 5.69 Å². The van der Waals surface area contributed by atoms with Gasteiger partial charge in [0.1, 0.15) is 28.3 Å². The van der Waals surface area contributed by atoms with Crippen molar-refractivity contribution in [3.05, 3.63) is 44.9 Å². The smallest absolute Gasteiger partial charge is 0.140 e. The third kappa shape index (κ3) is 3.17. The van der Waals surface area contributed by atoms with Crippen molar-refractivity contribution in [2.24, 2.45) is 0 Å². The fourth-order valence-corrected chi connectivity index (χ4v) is 2.84. The maximum atomic E-state index is 9.13. The van der Waals surface area contributed by atoms with E-state index >= 15 is 0 Å². The van der Waals surface area contributed by atoms with Crippen molar-refractivity contribution in [3.8, 4) is 11.8 Å². The normalized spacial score (nSPS) is 10.6. The summed E-state index contributed by atoms with van der Waals surface area (Å²) >= 11 is 1.42. The number of nitrogens with zero attached hydrogens (tertiary/aromatic N) is 2. The molecule has 104 valence electrons. The van der Waals surface area contributed by atoms with E-state index in [1.807, 2.05) is 39.8 Å². The standard InChI is InChI=1S/C16H18N2OS/c1-10(2)16-14(8-17)20-15(18-16)9-19-13-7-11(3)5-6-12(13)4/h5-7,10H,9H2,1-4H3. The van der Waals surface area contributed by atoms with Gasteiger partial charge >= 0.3 is 0 Å². The number of ether oxygens (including phenoxy) is 1. The average Bonchev–Trinajstić information content (AvgIpc) is 2.83. The highest BCUT2D eigenvalue weighted by Crippen LogP contribution is 2.26. The molecule has 1 aromatic carbocycles. The summed E-state index contributed by atoms with van der Waals surface area (Å²) in [6.07, 6.45) is 0. The molecule has 20 heavy (non-hydrogen) atoms. The van der Waals surface area contributed by atoms with Crippen LogP contribution in [0.1, 0.15) is 46.5 Å². The average molecular weight is 286 g/mol. The third-order valence-corrected chi connectivity index (χ3v) is 3.99. The minimum atomic E-state index is 0.260. The van der Waals surface area contributed by atoms with Crippen molar-refractivity contribution in [3.63, 3.8) is 0 Å². The van der Waals surface area contributed by atoms with Gasteiger partial charge in [-0.25, -0.2) is 4.98 Å². The molecule has 0 aliphatic rings. The van der Waals surface area contributed by atoms with Gasteiger partial charge in [0, 0.05) is 0 Å². The lowest BCUT2D eigenvalue weighted by Gasteiger charge is -2.08. The van der Waals surface area contributed by atoms with E-state index in [0.29, 0.717) is 11.5 Å². The molecule has 0 spiro atoms. The number of hydrogen-bond acceptors (Lipinski definition) is 4. The monoisotopic (exact) mass is 286 g/mol. The minimum Gasteiger partial charge on any atom is -0.486 e. The molecule has 0 bridgehead atoms. The van der Waals surface area contributed by atoms with Crippen LogP contribution in [0, 0.1) is 25.2 Å². The van der Waals surface area contributed by atoms with Crippen LogP contribution >= 0.6 is 11.3 Å². The molecule has 0 saturated heterocycles. The topological polar surface area (TPSA) is 45.9 Å². The van der Waals surface area contributed by atoms with Crippen LogP contribution in [0.2, 0.25) is 0 Å². The number of aryl methyl sites for hydroxylation is 2. The maximum Gasteiger partial charge on any atom is 0.140 e. The molecule has 0 atom stereocenters. The Bertz CT molecular complexity index is 653. The summed E-state index contributed by atoms with van der Waals surface area (Å²) in [7, 11) is 0. The SMILES string of the molecule is Cc1ccc(C)c(OCc2nc(C(C)C)c(C#N)s2)c1. The van der Waals surface area contributed by atoms with Gasteiger partial charge in [0.2, 0.25) is 0 Å². The summed E-state index contributed by atoms with van der Waals surface area (Å²) in [6, 6.07) is 8.36. The van der Waals surface area contributed by atoms with Gasteiger partial charge in [-0.15, -0.1) is 11.3 Å². The molecule has 0 aliphatic heterocycles. The highest BCUT2D eigenvalue weighted by atomic mass is 32.1. The van der Waals surface area contributed by atoms with E-state index in [9.17, 15) is 0 Å². The first-order chi connectivity index (χ1) is 9.51. The zero-order valence-electron chi connectivity index (χ0n) is 12.2. The molecule has 0 radical (unpaired) electrons. The zero-order valence-corrected chi connectivity index (χ0v) is 13.0. The summed E-state index contributed by atoms with van der Waals surface area (Å²) in [5.41, 5.74) is 3.15. The van der Waals surface area contributed by atoms with Gasteiger partial charge in [0.15, 0.2) is 0 Å². The van der Waals surface area contributed by atoms with Gasteiger partial charge < -0.3 is 4.74 Å². The van der Waals surface area contributed by atoms with E-state index in [2.05, 4.69) is 17.1 Å². The second-order valence-corrected chi connectivity index (χ2v) is 6.23. The Morgan fingerprint density at radius 1 is 1.35 bits per heavy atom. The Morgan fingerprint density at radius 2 is 2.10 bits per heavy atom. The van der Waals surface area contributed by atoms with Crippen molar-refractivity contribution >= 4 is 11.3 Å². The van der Waals surface area contributed by atoms with Crippen molar-refractivity contribution in [1.29, 1.82) is 5.26 Å². The van der Waals surface area contributed by atoms with E-state index < -0.39 is 0 Å². The molecular formula is C16H18N2OS. The fraction of sp³-hybridized carbons (Fsp3) is 0.375. The summed E-state index contributed by atoms with van der Waals surface area (Å²) in [6.45, 7) is 8.57. The number of thiazole rings is 1. The molecule has 0 amide bonds. The van der Waals surface area contributed by atoms with Gasteiger partial charge in [-0.2, -0.15) is 5.26 Å². The van der Waals surface area contributed by atoms with Crippen molar-refractivity contribution in [2.75, 3.05) is 0 Å². The fourth-order valence-electron chi connectivity index (χ4n) is 1.91. The van der Waals surface area contributed by atoms with E-state index in [4.69, 9.17) is 10.00 Å². The second-order valence-electron chi connectivity index (χ2n) is 5.15. The van der Waals surface area contributed by atoms with E-state index in [1.54, 1.807) is 0 Å². The molecule has 0 fully saturated rings. The Kier molecular flexibility index (Phi) is 4.41. The zero-order chi connectivity index (χ0) is 14.7. The molecule has 0 unspecified atom stereocenters. The molecule has 2 aromatic rings. The Hall–Kier alpha value is -1.86. The van der Waals surface area contributed by atoms with Crippen LogP contribution in [0.3, 0.4) is 0 Å². The van der Waals surface area contributed by atoms with Crippen LogP contribution in [-0.4, -0.2) is 4.98 Å². The van der Waals surface area contributed by atoms with Crippen molar-refractivity contribution in [2.45, 2.75) is 40.2 Å². The molecule has 4 heteroatoms. The predicted octanol–water partition coefficient (Wildman–Crippen LogP) is 4.33. The molecule has 0 saturated carbocycles. The lowest BCUT2D eigenvalue weighted by atomic mass is 10.1. The van der Waals surface area contributed by atoms with Crippen LogP contribution in [-0.2, 0) is 6.61 Å². The van der Waals surface area contributed by atoms with Crippen LogP contribution in [0.25, 0.3) is 0 Å². The maximum absolute atomic E-state index is 9.13. The Balaban J connectivity index is 2.15. The molecule has 1 aromatic heterocycles. The molecule has 0 N–H and O–H groups in total. The molecule has 0 aliphatic carbocycles. The number of rotatable bonds is 4. The summed E-state index contributed by atoms with van der Waals surface area (Å²) in [5, 5.41) is 9.98. The van der Waals surface area contributed by atoms with E-state index in [0.717, 1.165) is 22.0 Å². The largest absolute Gasteiger partial charge is 0.486 e. The lowest BCUT2D eigenvalue weighted by Crippen LogP contribution is -1.98. The van der Waals surface area contributed by atoms with Gasteiger partial charge in [-0.3, -0.25) is 0 Å². The Labute approximate surface area is 123 Å². The van der Waals surface area contributed by atoms with Crippen LogP contribution in [0.15, 0.2) is 18.2 Å². The van der Waals surface area contributed by atoms with Crippen LogP contribution < -0.4 is 4.74 Å². The summed E-state index contributed by atoms with van der Waals surface area (Å²) in [5.74, 6) is 1.14. The molecule has 1 heterocycles. The highest BCUT2D eigenvalue weighted by molar-refractivity contribution is 7.12. The highest BCUT2D eigenvalue weighted by Gasteiger charge is 2.14. The number of aromatic nitrogens is 1. The number of hydrogen-bond donors (Lipinski definition) is 0. The van der Waals surface area contributed by atoms with E-state index in [-0.39, 0.29) is 5.92 Å². The van der Waals surface area contributed by atoms with Gasteiger partial charge in [0.25, 0.3) is 0 Å². The second kappa shape index (κ2) is 6.06. The first-order valence-corrected chi connectivity index (χ1v) is 7.42. The molecule has 3 nitrogen and oxygen atoms in total. The van der Waals surface area contributed by atoms with Gasteiger partial charge in [-0.1, -0.05) is 26.0 Å². The van der Waals surface area contributed by atoms with E-state index in [1.165, 1.54) is 16.9 Å². The van der Waals surface area contributed by atoms with Crippen molar-refractivity contribution in [1.82, 2.24) is 4.98 Å². The molecule has 2 rings (SSSR count). The third-order valence-electron chi connectivity index (χ3n) is 3.04. The van der Waals surface area contributed by atoms with Crippen molar-refractivity contribution < 1.29 is 4.74 Å². The summed E-state index contributed by atoms with van der Waals surface area (Å²) < 4.78 is 5.83. The number of nitriles is 1. The quantitative estimate of drug-likeness (QED) is 0.840. The summed E-state index contributed by atoms with van der Waals surface area (Å²) in [4.78, 5) is 5.21. The minimum absolute atomic E-state index is 0.260. The van der Waals surface area contributed by atoms with Crippen LogP contribution in [0.4, 0.5) is 0 Å². The lowest BCUT2D eigenvalue weighted by molar-refractivity contribution is 0.303. The predicted molar refractivity (Wildman–Crippen MR) is 81.2 cm³/mol. The van der Waals surface area contributed by atoms with Crippen LogP contribution in [0.5, 0.6) is 5.75 Å². The van der Waals surface area contributed by atoms with Gasteiger partial charge in [-0.05, 0) is 37.0 Å².